The van der Waals surface area contributed by atoms with Crippen LogP contribution in [0.25, 0.3) is 0 Å². The highest BCUT2D eigenvalue weighted by Crippen LogP contribution is 2.30. The van der Waals surface area contributed by atoms with Crippen LogP contribution in [0.4, 0.5) is 11.6 Å². The van der Waals surface area contributed by atoms with Gasteiger partial charge in [-0.05, 0) is 32.1 Å². The van der Waals surface area contributed by atoms with Crippen LogP contribution in [-0.4, -0.2) is 22.6 Å². The average Bonchev–Trinajstić information content (AvgIpc) is 2.48. The van der Waals surface area contributed by atoms with Crippen molar-refractivity contribution >= 4 is 11.6 Å². The van der Waals surface area contributed by atoms with E-state index in [1.165, 1.54) is 37.7 Å². The second kappa shape index (κ2) is 7.46. The molecule has 0 bridgehead atoms. The van der Waals surface area contributed by atoms with E-state index in [0.29, 0.717) is 6.04 Å². The molecule has 2 rings (SSSR count). The lowest BCUT2D eigenvalue weighted by Crippen LogP contribution is -2.28. The highest BCUT2D eigenvalue weighted by Gasteiger charge is 2.22. The van der Waals surface area contributed by atoms with Crippen molar-refractivity contribution in [2.24, 2.45) is 5.92 Å². The van der Waals surface area contributed by atoms with Gasteiger partial charge in [-0.25, -0.2) is 9.97 Å². The summed E-state index contributed by atoms with van der Waals surface area (Å²) in [4.78, 5) is 8.84. The van der Waals surface area contributed by atoms with Crippen LogP contribution in [0.5, 0.6) is 0 Å². The third-order valence-electron chi connectivity index (χ3n) is 4.34. The first kappa shape index (κ1) is 15.1. The van der Waals surface area contributed by atoms with Crippen LogP contribution in [0.15, 0.2) is 6.33 Å². The summed E-state index contributed by atoms with van der Waals surface area (Å²) >= 11 is 0. The number of nitrogens with one attached hydrogen (secondary N) is 2. The molecule has 1 aromatic rings. The SMILES string of the molecule is CCNc1ncnc(NC2CCCC(CC)C2)c1CC. The van der Waals surface area contributed by atoms with Crippen LogP contribution in [-0.2, 0) is 6.42 Å². The van der Waals surface area contributed by atoms with Crippen molar-refractivity contribution in [3.8, 4) is 0 Å². The van der Waals surface area contributed by atoms with Gasteiger partial charge in [0.05, 0.1) is 0 Å². The molecule has 0 saturated heterocycles. The van der Waals surface area contributed by atoms with Crippen molar-refractivity contribution in [3.63, 3.8) is 0 Å². The molecule has 1 aliphatic rings. The molecule has 4 nitrogen and oxygen atoms in total. The Morgan fingerprint density at radius 2 is 1.95 bits per heavy atom. The van der Waals surface area contributed by atoms with Gasteiger partial charge in [-0.15, -0.1) is 0 Å². The van der Waals surface area contributed by atoms with E-state index >= 15 is 0 Å². The fraction of sp³-hybridized carbons (Fsp3) is 0.750. The quantitative estimate of drug-likeness (QED) is 0.828. The molecule has 4 heteroatoms. The van der Waals surface area contributed by atoms with Gasteiger partial charge in [-0.2, -0.15) is 0 Å². The average molecular weight is 276 g/mol. The van der Waals surface area contributed by atoms with Crippen LogP contribution < -0.4 is 10.6 Å². The van der Waals surface area contributed by atoms with Crippen LogP contribution in [0.1, 0.15) is 58.4 Å². The molecule has 1 saturated carbocycles. The normalized spacial score (nSPS) is 22.6. The minimum Gasteiger partial charge on any atom is -0.370 e. The van der Waals surface area contributed by atoms with Gasteiger partial charge in [-0.1, -0.05) is 33.1 Å². The molecule has 1 heterocycles. The largest absolute Gasteiger partial charge is 0.370 e. The zero-order valence-electron chi connectivity index (χ0n) is 13.1. The summed E-state index contributed by atoms with van der Waals surface area (Å²) in [6.45, 7) is 7.46. The van der Waals surface area contributed by atoms with Crippen LogP contribution >= 0.6 is 0 Å². The summed E-state index contributed by atoms with van der Waals surface area (Å²) in [6.07, 6.45) is 9.19. The topological polar surface area (TPSA) is 49.8 Å². The van der Waals surface area contributed by atoms with Gasteiger partial charge in [0.1, 0.15) is 18.0 Å². The Morgan fingerprint density at radius 1 is 1.15 bits per heavy atom. The molecule has 0 amide bonds. The van der Waals surface area contributed by atoms with Gasteiger partial charge in [0, 0.05) is 18.2 Å². The highest BCUT2D eigenvalue weighted by atomic mass is 15.1. The zero-order valence-corrected chi connectivity index (χ0v) is 13.1. The summed E-state index contributed by atoms with van der Waals surface area (Å²) in [5, 5.41) is 7.01. The zero-order chi connectivity index (χ0) is 14.4. The Balaban J connectivity index is 2.10. The van der Waals surface area contributed by atoms with E-state index < -0.39 is 0 Å². The molecule has 20 heavy (non-hydrogen) atoms. The lowest BCUT2D eigenvalue weighted by atomic mass is 9.84. The molecule has 1 aliphatic carbocycles. The lowest BCUT2D eigenvalue weighted by Gasteiger charge is -2.30. The fourth-order valence-electron chi connectivity index (χ4n) is 3.18. The van der Waals surface area contributed by atoms with Crippen molar-refractivity contribution < 1.29 is 0 Å². The number of hydrogen-bond donors (Lipinski definition) is 2. The first-order chi connectivity index (χ1) is 9.78. The Bertz CT molecular complexity index is 419. The van der Waals surface area contributed by atoms with Gasteiger partial charge in [0.2, 0.25) is 0 Å². The number of rotatable bonds is 6. The Morgan fingerprint density at radius 3 is 2.65 bits per heavy atom. The summed E-state index contributed by atoms with van der Waals surface area (Å²) in [5.41, 5.74) is 1.22. The molecule has 2 atom stereocenters. The number of aromatic nitrogens is 2. The maximum atomic E-state index is 4.48. The second-order valence-corrected chi connectivity index (χ2v) is 5.72. The van der Waals surface area contributed by atoms with Crippen molar-refractivity contribution in [3.05, 3.63) is 11.9 Å². The van der Waals surface area contributed by atoms with E-state index in [9.17, 15) is 0 Å². The fourth-order valence-corrected chi connectivity index (χ4v) is 3.18. The second-order valence-electron chi connectivity index (χ2n) is 5.72. The van der Waals surface area contributed by atoms with Crippen molar-refractivity contribution in [2.45, 2.75) is 65.3 Å². The summed E-state index contributed by atoms with van der Waals surface area (Å²) < 4.78 is 0. The van der Waals surface area contributed by atoms with Gasteiger partial charge in [-0.3, -0.25) is 0 Å². The summed E-state index contributed by atoms with van der Waals surface area (Å²) in [7, 11) is 0. The smallest absolute Gasteiger partial charge is 0.134 e. The van der Waals surface area contributed by atoms with Gasteiger partial charge in [0.25, 0.3) is 0 Å². The highest BCUT2D eigenvalue weighted by molar-refractivity contribution is 5.57. The molecular formula is C16H28N4. The molecule has 0 aromatic carbocycles. The van der Waals surface area contributed by atoms with Gasteiger partial charge >= 0.3 is 0 Å². The standard InChI is InChI=1S/C16H28N4/c1-4-12-8-7-9-13(10-12)20-16-14(5-2)15(17-6-3)18-11-19-16/h11-13H,4-10H2,1-3H3,(H2,17,18,19,20). The number of anilines is 2. The molecular weight excluding hydrogens is 248 g/mol. The molecule has 2 N–H and O–H groups in total. The summed E-state index contributed by atoms with van der Waals surface area (Å²) in [5.74, 6) is 2.89. The molecule has 1 fully saturated rings. The molecule has 0 radical (unpaired) electrons. The third-order valence-corrected chi connectivity index (χ3v) is 4.34. The van der Waals surface area contributed by atoms with E-state index in [-0.39, 0.29) is 0 Å². The maximum Gasteiger partial charge on any atom is 0.134 e. The van der Waals surface area contributed by atoms with E-state index in [1.54, 1.807) is 6.33 Å². The van der Waals surface area contributed by atoms with Crippen molar-refractivity contribution in [2.75, 3.05) is 17.2 Å². The molecule has 112 valence electrons. The first-order valence-electron chi connectivity index (χ1n) is 8.12. The Hall–Kier alpha value is -1.32. The van der Waals surface area contributed by atoms with E-state index in [0.717, 1.165) is 30.5 Å². The minimum atomic E-state index is 0.573. The molecule has 0 aliphatic heterocycles. The van der Waals surface area contributed by atoms with Crippen molar-refractivity contribution in [1.82, 2.24) is 9.97 Å². The van der Waals surface area contributed by atoms with E-state index in [1.807, 2.05) is 0 Å². The molecule has 2 unspecified atom stereocenters. The first-order valence-corrected chi connectivity index (χ1v) is 8.12. The van der Waals surface area contributed by atoms with E-state index in [4.69, 9.17) is 0 Å². The van der Waals surface area contributed by atoms with Gasteiger partial charge in [0.15, 0.2) is 0 Å². The predicted octanol–water partition coefficient (Wildman–Crippen LogP) is 3.85. The maximum absolute atomic E-state index is 4.48. The van der Waals surface area contributed by atoms with Crippen molar-refractivity contribution in [1.29, 1.82) is 0 Å². The lowest BCUT2D eigenvalue weighted by molar-refractivity contribution is 0.327. The summed E-state index contributed by atoms with van der Waals surface area (Å²) in [6, 6.07) is 0.573. The monoisotopic (exact) mass is 276 g/mol. The van der Waals surface area contributed by atoms with E-state index in [2.05, 4.69) is 41.4 Å². The van der Waals surface area contributed by atoms with Crippen LogP contribution in [0.3, 0.4) is 0 Å². The van der Waals surface area contributed by atoms with Crippen LogP contribution in [0.2, 0.25) is 0 Å². The Labute approximate surface area is 122 Å². The Kier molecular flexibility index (Phi) is 5.62. The molecule has 0 spiro atoms. The minimum absolute atomic E-state index is 0.573. The van der Waals surface area contributed by atoms with Gasteiger partial charge < -0.3 is 10.6 Å². The third kappa shape index (κ3) is 3.62. The predicted molar refractivity (Wildman–Crippen MR) is 85.2 cm³/mol. The number of nitrogens with zero attached hydrogens (tertiary/aromatic N) is 2. The molecule has 1 aromatic heterocycles. The van der Waals surface area contributed by atoms with Crippen LogP contribution in [0, 0.1) is 5.92 Å². The number of hydrogen-bond acceptors (Lipinski definition) is 4.